The first-order chi connectivity index (χ1) is 11.7. The van der Waals surface area contributed by atoms with E-state index in [0.717, 1.165) is 52.3 Å². The maximum absolute atomic E-state index is 11.5. The second-order valence-corrected chi connectivity index (χ2v) is 7.37. The molecule has 1 fully saturated rings. The molecule has 24 heavy (non-hydrogen) atoms. The first kappa shape index (κ1) is 16.9. The third-order valence-electron chi connectivity index (χ3n) is 4.54. The first-order valence-electron chi connectivity index (χ1n) is 8.63. The molecule has 1 aliphatic carbocycles. The van der Waals surface area contributed by atoms with E-state index in [2.05, 4.69) is 29.1 Å². The van der Waals surface area contributed by atoms with Crippen molar-refractivity contribution in [2.75, 3.05) is 11.9 Å². The predicted octanol–water partition coefficient (Wildman–Crippen LogP) is 4.49. The van der Waals surface area contributed by atoms with Crippen molar-refractivity contribution < 1.29 is 4.79 Å². The molecule has 2 aromatic rings. The molecule has 0 aromatic carbocycles. The number of nitrogens with zero attached hydrogens (tertiary/aromatic N) is 3. The number of hydrogen-bond acceptors (Lipinski definition) is 5. The third kappa shape index (κ3) is 3.43. The van der Waals surface area contributed by atoms with Gasteiger partial charge in [0.1, 0.15) is 4.83 Å². The van der Waals surface area contributed by atoms with E-state index in [1.165, 1.54) is 19.3 Å². The summed E-state index contributed by atoms with van der Waals surface area (Å²) >= 11 is 1.64. The van der Waals surface area contributed by atoms with Crippen LogP contribution in [-0.2, 0) is 4.79 Å². The Labute approximate surface area is 146 Å². The Morgan fingerprint density at radius 2 is 2.21 bits per heavy atom. The van der Waals surface area contributed by atoms with Crippen molar-refractivity contribution in [2.45, 2.75) is 52.0 Å². The van der Waals surface area contributed by atoms with Gasteiger partial charge < -0.3 is 10.2 Å². The number of aryl methyl sites for hydroxylation is 1. The highest BCUT2D eigenvalue weighted by Crippen LogP contribution is 2.40. The summed E-state index contributed by atoms with van der Waals surface area (Å²) < 4.78 is 0. The van der Waals surface area contributed by atoms with E-state index in [-0.39, 0.29) is 6.04 Å². The van der Waals surface area contributed by atoms with E-state index in [9.17, 15) is 4.79 Å². The number of carbonyl (C=O) groups is 1. The van der Waals surface area contributed by atoms with E-state index < -0.39 is 0 Å². The Kier molecular flexibility index (Phi) is 5.45. The van der Waals surface area contributed by atoms with Crippen LogP contribution in [0, 0.1) is 6.92 Å². The number of hydrogen-bond donors (Lipinski definition) is 1. The lowest BCUT2D eigenvalue weighted by molar-refractivity contribution is -0.116. The van der Waals surface area contributed by atoms with Gasteiger partial charge in [-0.15, -0.1) is 11.3 Å². The molecule has 1 aliphatic rings. The molecule has 2 aromatic heterocycles. The quantitative estimate of drug-likeness (QED) is 0.477. The van der Waals surface area contributed by atoms with Gasteiger partial charge in [-0.1, -0.05) is 19.3 Å². The average molecular weight is 344 g/mol. The molecule has 0 saturated heterocycles. The largest absolute Gasteiger partial charge is 0.385 e. The van der Waals surface area contributed by atoms with Crippen LogP contribution in [0.15, 0.2) is 17.3 Å². The van der Waals surface area contributed by atoms with Crippen LogP contribution in [0.2, 0.25) is 0 Å². The van der Waals surface area contributed by atoms with Crippen LogP contribution in [0.3, 0.4) is 0 Å². The number of fused-ring (bicyclic) bond motifs is 1. The van der Waals surface area contributed by atoms with Crippen molar-refractivity contribution in [3.05, 3.63) is 17.1 Å². The first-order valence-corrected chi connectivity index (χ1v) is 9.45. The molecule has 0 unspecified atom stereocenters. The number of pyridine rings is 1. The standard InChI is InChI=1S/C18H24N4OS/c1-3-19-15-9-10-20-18-16(15)17(13(2)24-18)21-11-22(12-23)14-7-5-4-6-8-14/h9-12,14H,3-8H2,1-2H3,(H,19,20)/b21-11-. The zero-order chi connectivity index (χ0) is 16.9. The van der Waals surface area contributed by atoms with Crippen LogP contribution in [0.1, 0.15) is 43.9 Å². The number of anilines is 1. The van der Waals surface area contributed by atoms with Crippen LogP contribution < -0.4 is 5.32 Å². The molecule has 6 heteroatoms. The van der Waals surface area contributed by atoms with E-state index in [0.29, 0.717) is 0 Å². The highest BCUT2D eigenvalue weighted by molar-refractivity contribution is 7.19. The van der Waals surface area contributed by atoms with Crippen LogP contribution in [0.4, 0.5) is 11.4 Å². The second kappa shape index (κ2) is 7.75. The van der Waals surface area contributed by atoms with Crippen LogP contribution in [-0.4, -0.2) is 35.2 Å². The lowest BCUT2D eigenvalue weighted by atomic mass is 9.95. The second-order valence-electron chi connectivity index (χ2n) is 6.16. The van der Waals surface area contributed by atoms with Crippen molar-refractivity contribution in [1.82, 2.24) is 9.88 Å². The minimum Gasteiger partial charge on any atom is -0.385 e. The van der Waals surface area contributed by atoms with Gasteiger partial charge in [0.25, 0.3) is 0 Å². The number of nitrogens with one attached hydrogen (secondary N) is 1. The molecule has 0 radical (unpaired) electrons. The van der Waals surface area contributed by atoms with Gasteiger partial charge in [0, 0.05) is 29.3 Å². The fraction of sp³-hybridized carbons (Fsp3) is 0.500. The van der Waals surface area contributed by atoms with Gasteiger partial charge in [0.05, 0.1) is 17.4 Å². The fourth-order valence-corrected chi connectivity index (χ4v) is 4.29. The SMILES string of the molecule is CCNc1ccnc2sc(C)c(/N=C\N(C=O)C3CCCCC3)c12. The molecule has 0 bridgehead atoms. The van der Waals surface area contributed by atoms with Gasteiger partial charge in [-0.05, 0) is 32.8 Å². The van der Waals surface area contributed by atoms with Crippen molar-refractivity contribution in [2.24, 2.45) is 4.99 Å². The van der Waals surface area contributed by atoms with Crippen molar-refractivity contribution >= 4 is 45.7 Å². The molecular formula is C18H24N4OS. The Morgan fingerprint density at radius 3 is 2.92 bits per heavy atom. The van der Waals surface area contributed by atoms with Gasteiger partial charge in [-0.3, -0.25) is 4.79 Å². The van der Waals surface area contributed by atoms with Crippen molar-refractivity contribution in [1.29, 1.82) is 0 Å². The zero-order valence-corrected chi connectivity index (χ0v) is 15.1. The van der Waals surface area contributed by atoms with Gasteiger partial charge in [0.15, 0.2) is 0 Å². The summed E-state index contributed by atoms with van der Waals surface area (Å²) in [4.78, 5) is 24.5. The number of thiophene rings is 1. The van der Waals surface area contributed by atoms with Crippen molar-refractivity contribution in [3.8, 4) is 0 Å². The molecule has 1 N–H and O–H groups in total. The molecule has 0 aliphatic heterocycles. The minimum atomic E-state index is 0.288. The van der Waals surface area contributed by atoms with Gasteiger partial charge in [0.2, 0.25) is 6.41 Å². The number of amides is 1. The average Bonchev–Trinajstić information content (AvgIpc) is 2.93. The molecule has 128 valence electrons. The molecule has 0 spiro atoms. The summed E-state index contributed by atoms with van der Waals surface area (Å²) in [6, 6.07) is 2.27. The summed E-state index contributed by atoms with van der Waals surface area (Å²) in [5, 5.41) is 4.43. The summed E-state index contributed by atoms with van der Waals surface area (Å²) in [6.07, 6.45) is 10.2. The number of rotatable bonds is 6. The minimum absolute atomic E-state index is 0.288. The van der Waals surface area contributed by atoms with E-state index in [1.807, 2.05) is 12.3 Å². The molecule has 2 heterocycles. The van der Waals surface area contributed by atoms with Crippen LogP contribution in [0.5, 0.6) is 0 Å². The number of carbonyl (C=O) groups excluding carboxylic acids is 1. The Morgan fingerprint density at radius 1 is 1.42 bits per heavy atom. The Balaban J connectivity index is 1.93. The van der Waals surface area contributed by atoms with E-state index in [1.54, 1.807) is 22.6 Å². The van der Waals surface area contributed by atoms with Crippen molar-refractivity contribution in [3.63, 3.8) is 0 Å². The smallest absolute Gasteiger partial charge is 0.215 e. The topological polar surface area (TPSA) is 57.6 Å². The molecule has 0 atom stereocenters. The monoisotopic (exact) mass is 344 g/mol. The highest BCUT2D eigenvalue weighted by Gasteiger charge is 2.19. The molecule has 1 amide bonds. The lowest BCUT2D eigenvalue weighted by Gasteiger charge is -2.27. The predicted molar refractivity (Wildman–Crippen MR) is 101 cm³/mol. The Bertz CT molecular complexity index is 734. The molecule has 5 nitrogen and oxygen atoms in total. The maximum Gasteiger partial charge on any atom is 0.215 e. The number of aliphatic imine (C=N–C) groups is 1. The van der Waals surface area contributed by atoms with Gasteiger partial charge in [-0.25, -0.2) is 9.98 Å². The van der Waals surface area contributed by atoms with E-state index >= 15 is 0 Å². The van der Waals surface area contributed by atoms with Crippen LogP contribution >= 0.6 is 11.3 Å². The summed E-state index contributed by atoms with van der Waals surface area (Å²) in [7, 11) is 0. The summed E-state index contributed by atoms with van der Waals surface area (Å²) in [6.45, 7) is 4.98. The Hall–Kier alpha value is -1.95. The highest BCUT2D eigenvalue weighted by atomic mass is 32.1. The molecule has 1 saturated carbocycles. The van der Waals surface area contributed by atoms with Crippen LogP contribution in [0.25, 0.3) is 10.2 Å². The summed E-state index contributed by atoms with van der Waals surface area (Å²) in [5.41, 5.74) is 1.97. The molecule has 3 rings (SSSR count). The molecular weight excluding hydrogens is 320 g/mol. The fourth-order valence-electron chi connectivity index (χ4n) is 3.32. The third-order valence-corrected chi connectivity index (χ3v) is 5.54. The number of aromatic nitrogens is 1. The van der Waals surface area contributed by atoms with Gasteiger partial charge in [-0.2, -0.15) is 0 Å². The lowest BCUT2D eigenvalue weighted by Crippen LogP contribution is -2.34. The van der Waals surface area contributed by atoms with Gasteiger partial charge >= 0.3 is 0 Å². The van der Waals surface area contributed by atoms with E-state index in [4.69, 9.17) is 0 Å². The summed E-state index contributed by atoms with van der Waals surface area (Å²) in [5.74, 6) is 0. The maximum atomic E-state index is 11.5. The zero-order valence-electron chi connectivity index (χ0n) is 14.3. The normalized spacial score (nSPS) is 15.9.